The van der Waals surface area contributed by atoms with E-state index < -0.39 is 22.0 Å². The van der Waals surface area contributed by atoms with Gasteiger partial charge in [0.15, 0.2) is 0 Å². The van der Waals surface area contributed by atoms with Crippen LogP contribution in [0.4, 0.5) is 0 Å². The Morgan fingerprint density at radius 3 is 2.58 bits per heavy atom. The lowest BCUT2D eigenvalue weighted by Gasteiger charge is -2.39. The number of hydrogen-bond donors (Lipinski definition) is 3. The third kappa shape index (κ3) is 7.33. The lowest BCUT2D eigenvalue weighted by atomic mass is 9.85. The van der Waals surface area contributed by atoms with Crippen molar-refractivity contribution in [1.82, 2.24) is 19.9 Å². The van der Waals surface area contributed by atoms with Crippen LogP contribution in [0.15, 0.2) is 42.6 Å². The normalized spacial score (nSPS) is 25.3. The first-order valence-corrected chi connectivity index (χ1v) is 16.2. The van der Waals surface area contributed by atoms with Crippen molar-refractivity contribution in [1.29, 1.82) is 0 Å². The average Bonchev–Trinajstić information content (AvgIpc) is 3.40. The van der Waals surface area contributed by atoms with Gasteiger partial charge in [0.1, 0.15) is 0 Å². The van der Waals surface area contributed by atoms with Crippen molar-refractivity contribution < 1.29 is 17.9 Å². The highest BCUT2D eigenvalue weighted by atomic mass is 35.5. The molecule has 2 aliphatic rings. The zero-order valence-electron chi connectivity index (χ0n) is 23.6. The first-order valence-electron chi connectivity index (χ1n) is 14.2. The number of carbonyl (C=O) groups excluding carboxylic acids is 1. The van der Waals surface area contributed by atoms with Gasteiger partial charge >= 0.3 is 0 Å². The Kier molecular flexibility index (Phi) is 10.5. The van der Waals surface area contributed by atoms with Gasteiger partial charge in [-0.25, -0.2) is 13.4 Å². The van der Waals surface area contributed by atoms with E-state index in [9.17, 15) is 13.2 Å². The third-order valence-electron chi connectivity index (χ3n) is 8.36. The monoisotopic (exact) mass is 591 g/mol. The molecule has 0 bridgehead atoms. The number of carbonyl (C=O) groups is 1. The number of methoxy groups -OCH3 is 1. The van der Waals surface area contributed by atoms with Gasteiger partial charge in [0.05, 0.1) is 18.9 Å². The van der Waals surface area contributed by atoms with Crippen molar-refractivity contribution in [3.05, 3.63) is 58.7 Å². The predicted molar refractivity (Wildman–Crippen MR) is 158 cm³/mol. The van der Waals surface area contributed by atoms with Crippen LogP contribution in [0.1, 0.15) is 63.0 Å². The number of hydrogen-bond acceptors (Lipinski definition) is 7. The lowest BCUT2D eigenvalue weighted by Crippen LogP contribution is -2.57. The van der Waals surface area contributed by atoms with Gasteiger partial charge in [0.2, 0.25) is 21.8 Å². The number of nitrogens with two attached hydrogens (primary N) is 1. The zero-order chi connectivity index (χ0) is 28.9. The molecule has 1 aromatic heterocycles. The molecule has 0 spiro atoms. The van der Waals surface area contributed by atoms with Crippen molar-refractivity contribution in [2.45, 2.75) is 76.0 Å². The third-order valence-corrected chi connectivity index (χ3v) is 10.5. The molecule has 2 heterocycles. The molecule has 4 rings (SSSR count). The summed E-state index contributed by atoms with van der Waals surface area (Å²) in [7, 11) is -1.72. The summed E-state index contributed by atoms with van der Waals surface area (Å²) in [6.07, 6.45) is 6.20. The van der Waals surface area contributed by atoms with Crippen LogP contribution in [-0.4, -0.2) is 73.7 Å². The fraction of sp³-hybridized carbons (Fsp3) is 0.586. The average molecular weight is 592 g/mol. The highest BCUT2D eigenvalue weighted by molar-refractivity contribution is 7.89. The minimum absolute atomic E-state index is 0.00474. The number of aromatic nitrogens is 1. The molecule has 4 N–H and O–H groups in total. The fourth-order valence-electron chi connectivity index (χ4n) is 6.06. The van der Waals surface area contributed by atoms with Crippen LogP contribution in [0.25, 0.3) is 0 Å². The first kappa shape index (κ1) is 30.7. The summed E-state index contributed by atoms with van der Waals surface area (Å²) in [6, 6.07) is 10.2. The van der Waals surface area contributed by atoms with E-state index in [2.05, 4.69) is 15.6 Å². The smallest absolute Gasteiger partial charge is 0.238 e. The summed E-state index contributed by atoms with van der Waals surface area (Å²) in [5.41, 5.74) is 8.34. The molecule has 220 valence electrons. The van der Waals surface area contributed by atoms with Crippen LogP contribution in [0.5, 0.6) is 5.88 Å². The fourth-order valence-corrected chi connectivity index (χ4v) is 7.60. The number of sulfonamides is 1. The van der Waals surface area contributed by atoms with Crippen LogP contribution in [-0.2, 0) is 14.8 Å². The maximum atomic E-state index is 13.6. The first-order chi connectivity index (χ1) is 19.1. The predicted octanol–water partition coefficient (Wildman–Crippen LogP) is 3.28. The standard InChI is InChI=1S/C29H42ClN5O4S/c1-4-40(37,38)35-18-19(2)32-17-24(35)14-10-20-6-5-7-25(20)34-29(36)28(31)27(21-8-12-23(30)13-9-21)22-11-15-26(39-3)33-16-22/h8-9,11-13,15-16,19-20,24-25,27-28,32H,4-7,10,14,17-18,31H2,1-3H3,(H,34,36). The second-order valence-electron chi connectivity index (χ2n) is 11.0. The maximum Gasteiger partial charge on any atom is 0.238 e. The molecular formula is C29H42ClN5O4S. The Hall–Kier alpha value is -2.24. The van der Waals surface area contributed by atoms with Gasteiger partial charge in [-0.15, -0.1) is 0 Å². The van der Waals surface area contributed by atoms with Crippen LogP contribution in [0.3, 0.4) is 0 Å². The summed E-state index contributed by atoms with van der Waals surface area (Å²) < 4.78 is 32.4. The minimum atomic E-state index is -3.28. The molecule has 11 heteroatoms. The molecule has 2 fully saturated rings. The molecule has 9 nitrogen and oxygen atoms in total. The van der Waals surface area contributed by atoms with E-state index in [0.29, 0.717) is 24.0 Å². The Morgan fingerprint density at radius 2 is 1.93 bits per heavy atom. The number of halogens is 1. The van der Waals surface area contributed by atoms with E-state index in [4.69, 9.17) is 22.1 Å². The van der Waals surface area contributed by atoms with Crippen molar-refractivity contribution >= 4 is 27.5 Å². The van der Waals surface area contributed by atoms with Crippen LogP contribution in [0.2, 0.25) is 5.02 Å². The number of pyridine rings is 1. The second-order valence-corrected chi connectivity index (χ2v) is 13.7. The number of piperazine rings is 1. The zero-order valence-corrected chi connectivity index (χ0v) is 25.1. The Labute approximate surface area is 243 Å². The van der Waals surface area contributed by atoms with Crippen LogP contribution in [0, 0.1) is 5.92 Å². The minimum Gasteiger partial charge on any atom is -0.481 e. The van der Waals surface area contributed by atoms with Crippen molar-refractivity contribution in [2.24, 2.45) is 11.7 Å². The van der Waals surface area contributed by atoms with Gasteiger partial charge in [0, 0.05) is 54.4 Å². The summed E-state index contributed by atoms with van der Waals surface area (Å²) >= 11 is 6.13. The van der Waals surface area contributed by atoms with E-state index in [1.165, 1.54) is 0 Å². The molecule has 40 heavy (non-hydrogen) atoms. The molecule has 1 aliphatic heterocycles. The quantitative estimate of drug-likeness (QED) is 0.366. The van der Waals surface area contributed by atoms with Crippen molar-refractivity contribution in [2.75, 3.05) is 26.0 Å². The van der Waals surface area contributed by atoms with E-state index >= 15 is 0 Å². The molecule has 1 aliphatic carbocycles. The summed E-state index contributed by atoms with van der Waals surface area (Å²) in [5.74, 6) is 0.237. The van der Waals surface area contributed by atoms with E-state index in [0.717, 1.165) is 43.2 Å². The molecule has 6 unspecified atom stereocenters. The second kappa shape index (κ2) is 13.6. The van der Waals surface area contributed by atoms with E-state index in [1.54, 1.807) is 42.7 Å². The topological polar surface area (TPSA) is 127 Å². The number of rotatable bonds is 11. The highest BCUT2D eigenvalue weighted by Gasteiger charge is 2.37. The van der Waals surface area contributed by atoms with Gasteiger partial charge in [-0.05, 0) is 68.7 Å². The lowest BCUT2D eigenvalue weighted by molar-refractivity contribution is -0.123. The number of ether oxygens (including phenoxy) is 1. The van der Waals surface area contributed by atoms with E-state index in [-0.39, 0.29) is 35.7 Å². The van der Waals surface area contributed by atoms with E-state index in [1.807, 2.05) is 25.1 Å². The molecule has 1 aromatic carbocycles. The molecule has 1 saturated heterocycles. The summed E-state index contributed by atoms with van der Waals surface area (Å²) in [6.45, 7) is 4.85. The Bertz CT molecular complexity index is 1230. The molecule has 2 aromatic rings. The van der Waals surface area contributed by atoms with Gasteiger partial charge in [-0.3, -0.25) is 4.79 Å². The number of nitrogens with one attached hydrogen (secondary N) is 2. The van der Waals surface area contributed by atoms with Crippen molar-refractivity contribution in [3.63, 3.8) is 0 Å². The SMILES string of the molecule is CCS(=O)(=O)N1CC(C)NCC1CCC1CCCC1NC(=O)C(N)C(c1ccc(Cl)cc1)c1ccc(OC)nc1. The molecular weight excluding hydrogens is 550 g/mol. The summed E-state index contributed by atoms with van der Waals surface area (Å²) in [4.78, 5) is 17.9. The number of benzene rings is 1. The van der Waals surface area contributed by atoms with Gasteiger partial charge < -0.3 is 21.1 Å². The Balaban J connectivity index is 1.44. The van der Waals surface area contributed by atoms with Crippen LogP contribution >= 0.6 is 11.6 Å². The number of amides is 1. The molecule has 1 saturated carbocycles. The maximum absolute atomic E-state index is 13.6. The molecule has 0 radical (unpaired) electrons. The summed E-state index contributed by atoms with van der Waals surface area (Å²) in [5, 5.41) is 7.29. The van der Waals surface area contributed by atoms with Crippen molar-refractivity contribution in [3.8, 4) is 5.88 Å². The van der Waals surface area contributed by atoms with Gasteiger partial charge in [-0.2, -0.15) is 4.31 Å². The molecule has 1 amide bonds. The van der Waals surface area contributed by atoms with Crippen LogP contribution < -0.4 is 21.1 Å². The van der Waals surface area contributed by atoms with Gasteiger partial charge in [0.25, 0.3) is 0 Å². The largest absolute Gasteiger partial charge is 0.481 e. The molecule has 6 atom stereocenters. The Morgan fingerprint density at radius 1 is 1.20 bits per heavy atom. The highest BCUT2D eigenvalue weighted by Crippen LogP contribution is 2.33. The van der Waals surface area contributed by atoms with Gasteiger partial charge in [-0.1, -0.05) is 36.2 Å². The number of nitrogens with zero attached hydrogens (tertiary/aromatic N) is 2.